The fraction of sp³-hybridized carbons (Fsp3) is 0.368. The van der Waals surface area contributed by atoms with Crippen LogP contribution in [0.15, 0.2) is 48.5 Å². The van der Waals surface area contributed by atoms with Crippen LogP contribution in [-0.4, -0.2) is 19.3 Å². The third kappa shape index (κ3) is 4.71. The summed E-state index contributed by atoms with van der Waals surface area (Å²) in [6, 6.07) is 15.9. The molecule has 1 atom stereocenters. The van der Waals surface area contributed by atoms with Crippen LogP contribution in [0.1, 0.15) is 24.0 Å². The fourth-order valence-corrected chi connectivity index (χ4v) is 2.93. The topological polar surface area (TPSA) is 30.5 Å². The molecule has 0 radical (unpaired) electrons. The highest BCUT2D eigenvalue weighted by molar-refractivity contribution is 6.31. The molecule has 23 heavy (non-hydrogen) atoms. The van der Waals surface area contributed by atoms with Crippen molar-refractivity contribution in [3.8, 4) is 5.75 Å². The lowest BCUT2D eigenvalue weighted by Gasteiger charge is -2.14. The average Bonchev–Trinajstić information content (AvgIpc) is 3.09. The molecule has 1 N–H and O–H groups in total. The minimum absolute atomic E-state index is 0.353. The molecule has 1 fully saturated rings. The normalized spacial score (nSPS) is 17.3. The van der Waals surface area contributed by atoms with Crippen molar-refractivity contribution in [2.75, 3.05) is 13.2 Å². The molecule has 1 heterocycles. The molecule has 0 saturated carbocycles. The van der Waals surface area contributed by atoms with Crippen LogP contribution < -0.4 is 10.1 Å². The Kier molecular flexibility index (Phi) is 5.92. The van der Waals surface area contributed by atoms with Gasteiger partial charge < -0.3 is 14.8 Å². The van der Waals surface area contributed by atoms with Gasteiger partial charge in [0.15, 0.2) is 0 Å². The molecule has 2 aromatic rings. The highest BCUT2D eigenvalue weighted by atomic mass is 35.5. The zero-order valence-corrected chi connectivity index (χ0v) is 13.9. The minimum Gasteiger partial charge on any atom is -0.489 e. The number of halogens is 1. The molecule has 0 aromatic heterocycles. The molecule has 3 rings (SSSR count). The van der Waals surface area contributed by atoms with Gasteiger partial charge in [-0.3, -0.25) is 0 Å². The van der Waals surface area contributed by atoms with Gasteiger partial charge in [-0.1, -0.05) is 48.0 Å². The summed E-state index contributed by atoms with van der Waals surface area (Å²) in [5, 5.41) is 4.20. The Hall–Kier alpha value is -1.55. The summed E-state index contributed by atoms with van der Waals surface area (Å²) in [4.78, 5) is 0. The molecule has 1 aliphatic rings. The van der Waals surface area contributed by atoms with Gasteiger partial charge in [0.25, 0.3) is 0 Å². The van der Waals surface area contributed by atoms with E-state index in [2.05, 4.69) is 11.4 Å². The zero-order chi connectivity index (χ0) is 15.9. The Balaban J connectivity index is 1.55. The lowest BCUT2D eigenvalue weighted by atomic mass is 10.2. The molecule has 4 heteroatoms. The van der Waals surface area contributed by atoms with Crippen LogP contribution >= 0.6 is 11.6 Å². The van der Waals surface area contributed by atoms with Crippen molar-refractivity contribution in [2.24, 2.45) is 0 Å². The first kappa shape index (κ1) is 16.3. The first-order valence-electron chi connectivity index (χ1n) is 8.09. The first-order chi connectivity index (χ1) is 11.3. The lowest BCUT2D eigenvalue weighted by Crippen LogP contribution is -2.25. The molecule has 0 bridgehead atoms. The third-order valence-corrected chi connectivity index (χ3v) is 4.39. The summed E-state index contributed by atoms with van der Waals surface area (Å²) in [6.07, 6.45) is 2.67. The van der Waals surface area contributed by atoms with E-state index in [1.807, 2.05) is 42.5 Å². The van der Waals surface area contributed by atoms with Gasteiger partial charge in [-0.2, -0.15) is 0 Å². The van der Waals surface area contributed by atoms with Crippen molar-refractivity contribution in [3.05, 3.63) is 64.7 Å². The van der Waals surface area contributed by atoms with E-state index in [0.717, 1.165) is 48.0 Å². The van der Waals surface area contributed by atoms with Crippen LogP contribution in [0.2, 0.25) is 5.02 Å². The van der Waals surface area contributed by atoms with Crippen LogP contribution in [0.5, 0.6) is 5.75 Å². The summed E-state index contributed by atoms with van der Waals surface area (Å²) in [5.41, 5.74) is 2.15. The van der Waals surface area contributed by atoms with Crippen molar-refractivity contribution >= 4 is 11.6 Å². The second-order valence-corrected chi connectivity index (χ2v) is 6.16. The van der Waals surface area contributed by atoms with Crippen molar-refractivity contribution < 1.29 is 9.47 Å². The largest absolute Gasteiger partial charge is 0.489 e. The molecular formula is C19H22ClNO2. The third-order valence-electron chi connectivity index (χ3n) is 4.03. The predicted octanol–water partition coefficient (Wildman–Crippen LogP) is 4.19. The van der Waals surface area contributed by atoms with Gasteiger partial charge in [-0.15, -0.1) is 0 Å². The predicted molar refractivity (Wildman–Crippen MR) is 92.9 cm³/mol. The molecule has 0 spiro atoms. The first-order valence-corrected chi connectivity index (χ1v) is 8.47. The Morgan fingerprint density at radius 1 is 1.09 bits per heavy atom. The summed E-state index contributed by atoms with van der Waals surface area (Å²) in [5.74, 6) is 0.896. The summed E-state index contributed by atoms with van der Waals surface area (Å²) in [6.45, 7) is 3.03. The van der Waals surface area contributed by atoms with E-state index < -0.39 is 0 Å². The highest BCUT2D eigenvalue weighted by Gasteiger charge is 2.14. The molecule has 0 amide bonds. The maximum Gasteiger partial charge on any atom is 0.124 e. The van der Waals surface area contributed by atoms with Crippen LogP contribution in [0.4, 0.5) is 0 Å². The number of hydrogen-bond acceptors (Lipinski definition) is 3. The maximum atomic E-state index is 6.18. The van der Waals surface area contributed by atoms with Gasteiger partial charge in [0.2, 0.25) is 0 Å². The van der Waals surface area contributed by atoms with Crippen LogP contribution in [0.25, 0.3) is 0 Å². The van der Waals surface area contributed by atoms with E-state index in [9.17, 15) is 0 Å². The summed E-state index contributed by atoms with van der Waals surface area (Å²) >= 11 is 6.18. The van der Waals surface area contributed by atoms with Crippen molar-refractivity contribution in [1.29, 1.82) is 0 Å². The van der Waals surface area contributed by atoms with Crippen molar-refractivity contribution in [2.45, 2.75) is 32.1 Å². The highest BCUT2D eigenvalue weighted by Crippen LogP contribution is 2.22. The molecule has 122 valence electrons. The molecule has 1 aliphatic heterocycles. The van der Waals surface area contributed by atoms with Crippen LogP contribution in [0.3, 0.4) is 0 Å². The second kappa shape index (κ2) is 8.34. The smallest absolute Gasteiger partial charge is 0.124 e. The zero-order valence-electron chi connectivity index (χ0n) is 13.1. The summed E-state index contributed by atoms with van der Waals surface area (Å²) in [7, 11) is 0. The number of benzene rings is 2. The SMILES string of the molecule is Clc1ccccc1COc1ccccc1CNC[C@@H]1CCCO1. The number of hydrogen-bond donors (Lipinski definition) is 1. The van der Waals surface area contributed by atoms with E-state index in [1.54, 1.807) is 0 Å². The Bertz CT molecular complexity index is 626. The van der Waals surface area contributed by atoms with Gasteiger partial charge >= 0.3 is 0 Å². The number of para-hydroxylation sites is 1. The van der Waals surface area contributed by atoms with Crippen LogP contribution in [0, 0.1) is 0 Å². The van der Waals surface area contributed by atoms with E-state index in [-0.39, 0.29) is 0 Å². The molecule has 2 aromatic carbocycles. The van der Waals surface area contributed by atoms with Crippen molar-refractivity contribution in [3.63, 3.8) is 0 Å². The van der Waals surface area contributed by atoms with Gasteiger partial charge in [0.1, 0.15) is 12.4 Å². The molecule has 0 aliphatic carbocycles. The monoisotopic (exact) mass is 331 g/mol. The van der Waals surface area contributed by atoms with E-state index in [0.29, 0.717) is 12.7 Å². The molecular weight excluding hydrogens is 310 g/mol. The molecule has 0 unspecified atom stereocenters. The van der Waals surface area contributed by atoms with Gasteiger partial charge in [-0.05, 0) is 25.0 Å². The Morgan fingerprint density at radius 3 is 2.65 bits per heavy atom. The average molecular weight is 332 g/mol. The lowest BCUT2D eigenvalue weighted by molar-refractivity contribution is 0.110. The fourth-order valence-electron chi connectivity index (χ4n) is 2.73. The summed E-state index contributed by atoms with van der Waals surface area (Å²) < 4.78 is 11.6. The van der Waals surface area contributed by atoms with E-state index in [4.69, 9.17) is 21.1 Å². The number of rotatable bonds is 7. The number of ether oxygens (including phenoxy) is 2. The maximum absolute atomic E-state index is 6.18. The van der Waals surface area contributed by atoms with Crippen LogP contribution in [-0.2, 0) is 17.9 Å². The van der Waals surface area contributed by atoms with Gasteiger partial charge in [0.05, 0.1) is 6.10 Å². The molecule has 1 saturated heterocycles. The van der Waals surface area contributed by atoms with Gasteiger partial charge in [-0.25, -0.2) is 0 Å². The second-order valence-electron chi connectivity index (χ2n) is 5.75. The standard InChI is InChI=1S/C19H22ClNO2/c20-18-9-3-1-7-16(18)14-23-19-10-4-2-6-15(19)12-21-13-17-8-5-11-22-17/h1-4,6-7,9-10,17,21H,5,8,11-14H2/t17-/m0/s1. The minimum atomic E-state index is 0.353. The number of nitrogens with one attached hydrogen (secondary N) is 1. The van der Waals surface area contributed by atoms with Gasteiger partial charge in [0, 0.05) is 35.8 Å². The van der Waals surface area contributed by atoms with E-state index >= 15 is 0 Å². The Morgan fingerprint density at radius 2 is 1.87 bits per heavy atom. The Labute approximate surface area is 142 Å². The van der Waals surface area contributed by atoms with Crippen molar-refractivity contribution in [1.82, 2.24) is 5.32 Å². The van der Waals surface area contributed by atoms with E-state index in [1.165, 1.54) is 6.42 Å². The molecule has 3 nitrogen and oxygen atoms in total. The quantitative estimate of drug-likeness (QED) is 0.825.